The molecule has 0 radical (unpaired) electrons. The Morgan fingerprint density at radius 2 is 1.95 bits per heavy atom. The van der Waals surface area contributed by atoms with Gasteiger partial charge in [-0.1, -0.05) is 32.1 Å². The van der Waals surface area contributed by atoms with Gasteiger partial charge in [0, 0.05) is 31.5 Å². The molecule has 2 rings (SSSR count). The molecule has 21 heavy (non-hydrogen) atoms. The van der Waals surface area contributed by atoms with E-state index in [4.69, 9.17) is 0 Å². The molecule has 0 spiro atoms. The SMILES string of the molecule is O=C(NCCCCCCn1ccnc1)NC1CCCCC1. The summed E-state index contributed by atoms with van der Waals surface area (Å²) in [5, 5.41) is 6.05. The number of hydrogen-bond donors (Lipinski definition) is 2. The zero-order chi connectivity index (χ0) is 14.8. The Kier molecular flexibility index (Phi) is 7.12. The zero-order valence-corrected chi connectivity index (χ0v) is 12.9. The second-order valence-electron chi connectivity index (χ2n) is 5.95. The lowest BCUT2D eigenvalue weighted by atomic mass is 9.96. The van der Waals surface area contributed by atoms with E-state index in [9.17, 15) is 4.79 Å². The minimum atomic E-state index is 0.0142. The number of amides is 2. The molecular formula is C16H28N4O. The number of imidazole rings is 1. The molecule has 2 N–H and O–H groups in total. The first-order valence-electron chi connectivity index (χ1n) is 8.35. The summed E-state index contributed by atoms with van der Waals surface area (Å²) in [6.45, 7) is 1.82. The summed E-state index contributed by atoms with van der Waals surface area (Å²) in [5.41, 5.74) is 0. The fourth-order valence-electron chi connectivity index (χ4n) is 2.88. The Hall–Kier alpha value is -1.52. The van der Waals surface area contributed by atoms with Crippen molar-refractivity contribution in [3.05, 3.63) is 18.7 Å². The molecule has 1 saturated carbocycles. The number of nitrogens with one attached hydrogen (secondary N) is 2. The quantitative estimate of drug-likeness (QED) is 0.723. The van der Waals surface area contributed by atoms with Crippen LogP contribution in [0.3, 0.4) is 0 Å². The van der Waals surface area contributed by atoms with Crippen molar-refractivity contribution in [1.29, 1.82) is 0 Å². The molecule has 1 aromatic rings. The van der Waals surface area contributed by atoms with E-state index in [0.717, 1.165) is 32.4 Å². The van der Waals surface area contributed by atoms with E-state index in [2.05, 4.69) is 20.2 Å². The molecule has 1 aliphatic carbocycles. The lowest BCUT2D eigenvalue weighted by Crippen LogP contribution is -2.43. The molecule has 2 amide bonds. The fourth-order valence-corrected chi connectivity index (χ4v) is 2.88. The highest BCUT2D eigenvalue weighted by atomic mass is 16.2. The molecule has 5 nitrogen and oxygen atoms in total. The molecule has 1 heterocycles. The Morgan fingerprint density at radius 1 is 1.14 bits per heavy atom. The maximum atomic E-state index is 11.7. The van der Waals surface area contributed by atoms with Gasteiger partial charge in [-0.2, -0.15) is 0 Å². The monoisotopic (exact) mass is 292 g/mol. The van der Waals surface area contributed by atoms with Crippen molar-refractivity contribution in [2.45, 2.75) is 70.4 Å². The molecule has 0 saturated heterocycles. The van der Waals surface area contributed by atoms with Crippen LogP contribution in [0.15, 0.2) is 18.7 Å². The normalized spacial score (nSPS) is 15.8. The van der Waals surface area contributed by atoms with Crippen molar-refractivity contribution in [2.24, 2.45) is 0 Å². The molecule has 0 aliphatic heterocycles. The van der Waals surface area contributed by atoms with E-state index >= 15 is 0 Å². The first-order valence-corrected chi connectivity index (χ1v) is 8.35. The minimum absolute atomic E-state index is 0.0142. The highest BCUT2D eigenvalue weighted by Crippen LogP contribution is 2.17. The third kappa shape index (κ3) is 6.65. The van der Waals surface area contributed by atoms with Crippen molar-refractivity contribution >= 4 is 6.03 Å². The van der Waals surface area contributed by atoms with Gasteiger partial charge in [0.25, 0.3) is 0 Å². The van der Waals surface area contributed by atoms with Crippen LogP contribution in [0.4, 0.5) is 4.79 Å². The zero-order valence-electron chi connectivity index (χ0n) is 12.9. The Labute approximate surface area is 127 Å². The van der Waals surface area contributed by atoms with Crippen LogP contribution < -0.4 is 10.6 Å². The lowest BCUT2D eigenvalue weighted by Gasteiger charge is -2.22. The summed E-state index contributed by atoms with van der Waals surface area (Å²) in [5.74, 6) is 0. The van der Waals surface area contributed by atoms with Crippen LogP contribution >= 0.6 is 0 Å². The number of carbonyl (C=O) groups is 1. The summed E-state index contributed by atoms with van der Waals surface area (Å²) < 4.78 is 2.11. The number of aromatic nitrogens is 2. The van der Waals surface area contributed by atoms with E-state index in [1.807, 2.05) is 18.7 Å². The Balaban J connectivity index is 1.41. The standard InChI is InChI=1S/C16H28N4O/c21-16(19-15-8-4-3-5-9-15)18-10-6-1-2-7-12-20-13-11-17-14-20/h11,13-15H,1-10,12H2,(H2,18,19,21). The highest BCUT2D eigenvalue weighted by molar-refractivity contribution is 5.74. The van der Waals surface area contributed by atoms with Gasteiger partial charge < -0.3 is 15.2 Å². The fraction of sp³-hybridized carbons (Fsp3) is 0.750. The summed E-state index contributed by atoms with van der Waals surface area (Å²) in [6, 6.07) is 0.411. The Bertz CT molecular complexity index is 385. The van der Waals surface area contributed by atoms with E-state index < -0.39 is 0 Å². The number of unbranched alkanes of at least 4 members (excludes halogenated alkanes) is 3. The van der Waals surface area contributed by atoms with E-state index in [-0.39, 0.29) is 6.03 Å². The second-order valence-corrected chi connectivity index (χ2v) is 5.95. The molecule has 0 atom stereocenters. The molecular weight excluding hydrogens is 264 g/mol. The molecule has 0 bridgehead atoms. The third-order valence-corrected chi connectivity index (χ3v) is 4.13. The van der Waals surface area contributed by atoms with Gasteiger partial charge in [0.1, 0.15) is 0 Å². The van der Waals surface area contributed by atoms with Crippen LogP contribution in [0, 0.1) is 0 Å². The van der Waals surface area contributed by atoms with Crippen molar-refractivity contribution in [2.75, 3.05) is 6.54 Å². The summed E-state index contributed by atoms with van der Waals surface area (Å²) >= 11 is 0. The average molecular weight is 292 g/mol. The van der Waals surface area contributed by atoms with Gasteiger partial charge in [-0.05, 0) is 25.7 Å². The second kappa shape index (κ2) is 9.42. The van der Waals surface area contributed by atoms with Crippen molar-refractivity contribution < 1.29 is 4.79 Å². The van der Waals surface area contributed by atoms with Gasteiger partial charge >= 0.3 is 6.03 Å². The first-order chi connectivity index (χ1) is 10.3. The van der Waals surface area contributed by atoms with Crippen LogP contribution in [0.1, 0.15) is 57.8 Å². The largest absolute Gasteiger partial charge is 0.338 e. The molecule has 1 aliphatic rings. The van der Waals surface area contributed by atoms with E-state index in [0.29, 0.717) is 6.04 Å². The van der Waals surface area contributed by atoms with Crippen LogP contribution in [0.5, 0.6) is 0 Å². The lowest BCUT2D eigenvalue weighted by molar-refractivity contribution is 0.232. The smallest absolute Gasteiger partial charge is 0.315 e. The maximum Gasteiger partial charge on any atom is 0.315 e. The summed E-state index contributed by atoms with van der Waals surface area (Å²) in [7, 11) is 0. The van der Waals surface area contributed by atoms with Gasteiger partial charge in [0.15, 0.2) is 0 Å². The van der Waals surface area contributed by atoms with Crippen molar-refractivity contribution in [3.63, 3.8) is 0 Å². The number of aryl methyl sites for hydroxylation is 1. The molecule has 118 valence electrons. The number of carbonyl (C=O) groups excluding carboxylic acids is 1. The van der Waals surface area contributed by atoms with Crippen LogP contribution in [0.25, 0.3) is 0 Å². The molecule has 1 aromatic heterocycles. The van der Waals surface area contributed by atoms with Gasteiger partial charge in [-0.25, -0.2) is 9.78 Å². The minimum Gasteiger partial charge on any atom is -0.338 e. The van der Waals surface area contributed by atoms with E-state index in [1.54, 1.807) is 0 Å². The summed E-state index contributed by atoms with van der Waals surface area (Å²) in [4.78, 5) is 15.7. The van der Waals surface area contributed by atoms with Gasteiger partial charge in [-0.15, -0.1) is 0 Å². The average Bonchev–Trinajstić information content (AvgIpc) is 3.00. The van der Waals surface area contributed by atoms with Crippen molar-refractivity contribution in [1.82, 2.24) is 20.2 Å². The van der Waals surface area contributed by atoms with Gasteiger partial charge in [0.2, 0.25) is 0 Å². The molecule has 0 unspecified atom stereocenters. The topological polar surface area (TPSA) is 59.0 Å². The van der Waals surface area contributed by atoms with Gasteiger partial charge in [-0.3, -0.25) is 0 Å². The number of urea groups is 1. The van der Waals surface area contributed by atoms with E-state index in [1.165, 1.54) is 38.5 Å². The number of hydrogen-bond acceptors (Lipinski definition) is 2. The Morgan fingerprint density at radius 3 is 2.71 bits per heavy atom. The first kappa shape index (κ1) is 15.9. The van der Waals surface area contributed by atoms with Gasteiger partial charge in [0.05, 0.1) is 6.33 Å². The molecule has 1 fully saturated rings. The summed E-state index contributed by atoms with van der Waals surface area (Å²) in [6.07, 6.45) is 16.4. The molecule has 0 aromatic carbocycles. The van der Waals surface area contributed by atoms with Crippen LogP contribution in [0.2, 0.25) is 0 Å². The number of nitrogens with zero attached hydrogens (tertiary/aromatic N) is 2. The predicted octanol–water partition coefficient (Wildman–Crippen LogP) is 3.08. The maximum absolute atomic E-state index is 11.7. The van der Waals surface area contributed by atoms with Crippen LogP contribution in [-0.2, 0) is 6.54 Å². The highest BCUT2D eigenvalue weighted by Gasteiger charge is 2.14. The number of rotatable bonds is 8. The third-order valence-electron chi connectivity index (χ3n) is 4.13. The molecule has 5 heteroatoms. The van der Waals surface area contributed by atoms with Crippen LogP contribution in [-0.4, -0.2) is 28.2 Å². The van der Waals surface area contributed by atoms with Crippen molar-refractivity contribution in [3.8, 4) is 0 Å². The predicted molar refractivity (Wildman–Crippen MR) is 84.1 cm³/mol.